The number of rotatable bonds is 6. The van der Waals surface area contributed by atoms with Gasteiger partial charge in [-0.2, -0.15) is 0 Å². The van der Waals surface area contributed by atoms with E-state index in [0.717, 1.165) is 10.4 Å². The van der Waals surface area contributed by atoms with Crippen molar-refractivity contribution in [2.75, 3.05) is 0 Å². The summed E-state index contributed by atoms with van der Waals surface area (Å²) in [6.07, 6.45) is 0.843. The van der Waals surface area contributed by atoms with E-state index in [-0.39, 0.29) is 18.1 Å². The third-order valence-corrected chi connectivity index (χ3v) is 4.20. The first-order valence-electron chi connectivity index (χ1n) is 7.16. The highest BCUT2D eigenvalue weighted by Crippen LogP contribution is 2.14. The summed E-state index contributed by atoms with van der Waals surface area (Å²) >= 11 is 1.58. The Labute approximate surface area is 137 Å². The molecule has 23 heavy (non-hydrogen) atoms. The highest BCUT2D eigenvalue weighted by Gasteiger charge is 2.13. The molecular weight excluding hydrogens is 312 g/mol. The van der Waals surface area contributed by atoms with Gasteiger partial charge in [-0.25, -0.2) is 4.68 Å². The third kappa shape index (κ3) is 4.02. The van der Waals surface area contributed by atoms with Crippen molar-refractivity contribution in [3.63, 3.8) is 0 Å². The molecule has 7 heteroatoms. The minimum atomic E-state index is -0.695. The van der Waals surface area contributed by atoms with Crippen LogP contribution in [0.3, 0.4) is 0 Å². The van der Waals surface area contributed by atoms with Gasteiger partial charge in [-0.05, 0) is 17.0 Å². The van der Waals surface area contributed by atoms with Crippen LogP contribution in [-0.2, 0) is 13.1 Å². The van der Waals surface area contributed by atoms with E-state index in [1.807, 2.05) is 47.8 Å². The number of benzene rings is 1. The number of amides is 1. The number of nitrogens with one attached hydrogen (secondary N) is 1. The molecule has 0 saturated carbocycles. The molecule has 1 unspecified atom stereocenters. The lowest BCUT2D eigenvalue weighted by molar-refractivity contribution is 0.0946. The van der Waals surface area contributed by atoms with Gasteiger partial charge in [0.2, 0.25) is 0 Å². The molecule has 2 N–H and O–H groups in total. The van der Waals surface area contributed by atoms with Gasteiger partial charge in [0.05, 0.1) is 25.4 Å². The van der Waals surface area contributed by atoms with Gasteiger partial charge in [-0.15, -0.1) is 16.4 Å². The fourth-order valence-corrected chi connectivity index (χ4v) is 2.77. The fourth-order valence-electron chi connectivity index (χ4n) is 2.12. The lowest BCUT2D eigenvalue weighted by Crippen LogP contribution is -2.22. The quantitative estimate of drug-likeness (QED) is 0.725. The van der Waals surface area contributed by atoms with Crippen LogP contribution in [0.15, 0.2) is 54.0 Å². The molecule has 0 aliphatic rings. The minimum absolute atomic E-state index is 0.238. The summed E-state index contributed by atoms with van der Waals surface area (Å²) in [6.45, 7) is 0.714. The lowest BCUT2D eigenvalue weighted by atomic mass is 10.1. The Morgan fingerprint density at radius 2 is 2.09 bits per heavy atom. The van der Waals surface area contributed by atoms with Gasteiger partial charge in [-0.3, -0.25) is 4.79 Å². The Morgan fingerprint density at radius 1 is 1.26 bits per heavy atom. The molecule has 3 aromatic rings. The van der Waals surface area contributed by atoms with Gasteiger partial charge in [0.1, 0.15) is 0 Å². The van der Waals surface area contributed by atoms with Crippen molar-refractivity contribution in [2.45, 2.75) is 19.2 Å². The molecule has 0 spiro atoms. The predicted octanol–water partition coefficient (Wildman–Crippen LogP) is 2.00. The number of hydrogen-bond donors (Lipinski definition) is 2. The van der Waals surface area contributed by atoms with E-state index >= 15 is 0 Å². The third-order valence-electron chi connectivity index (χ3n) is 3.32. The number of aliphatic hydroxyl groups is 1. The van der Waals surface area contributed by atoms with Crippen LogP contribution in [0.5, 0.6) is 0 Å². The standard InChI is InChI=1S/C16H16N4O2S/c21-15(12-5-2-1-3-6-12)11-20-10-14(18-19-20)16(22)17-9-13-7-4-8-23-13/h1-8,10,15,21H,9,11H2,(H,17,22). The smallest absolute Gasteiger partial charge is 0.273 e. The topological polar surface area (TPSA) is 80.0 Å². The Bertz CT molecular complexity index is 756. The SMILES string of the molecule is O=C(NCc1cccs1)c1cn(CC(O)c2ccccc2)nn1. The summed E-state index contributed by atoms with van der Waals surface area (Å²) in [7, 11) is 0. The van der Waals surface area contributed by atoms with Crippen molar-refractivity contribution in [3.8, 4) is 0 Å². The molecule has 6 nitrogen and oxygen atoms in total. The van der Waals surface area contributed by atoms with E-state index in [2.05, 4.69) is 15.6 Å². The minimum Gasteiger partial charge on any atom is -0.386 e. The molecule has 0 saturated heterocycles. The zero-order valence-corrected chi connectivity index (χ0v) is 13.1. The van der Waals surface area contributed by atoms with Crippen molar-refractivity contribution in [1.29, 1.82) is 0 Å². The van der Waals surface area contributed by atoms with Crippen LogP contribution < -0.4 is 5.32 Å². The van der Waals surface area contributed by atoms with Crippen molar-refractivity contribution in [1.82, 2.24) is 20.3 Å². The first-order chi connectivity index (χ1) is 11.2. The molecule has 3 rings (SSSR count). The maximum Gasteiger partial charge on any atom is 0.273 e. The van der Waals surface area contributed by atoms with Crippen molar-refractivity contribution in [3.05, 3.63) is 70.2 Å². The van der Waals surface area contributed by atoms with Crippen LogP contribution in [0.4, 0.5) is 0 Å². The van der Waals surface area contributed by atoms with Crippen LogP contribution in [0, 0.1) is 0 Å². The second-order valence-corrected chi connectivity index (χ2v) is 6.05. The van der Waals surface area contributed by atoms with Crippen molar-refractivity contribution in [2.24, 2.45) is 0 Å². The molecule has 0 aliphatic heterocycles. The Balaban J connectivity index is 1.58. The Morgan fingerprint density at radius 3 is 2.83 bits per heavy atom. The summed E-state index contributed by atoms with van der Waals surface area (Å²) in [6, 6.07) is 13.2. The summed E-state index contributed by atoms with van der Waals surface area (Å²) in [5, 5.41) is 22.7. The largest absolute Gasteiger partial charge is 0.386 e. The highest BCUT2D eigenvalue weighted by molar-refractivity contribution is 7.09. The summed E-state index contributed by atoms with van der Waals surface area (Å²) in [4.78, 5) is 13.1. The van der Waals surface area contributed by atoms with Gasteiger partial charge in [-0.1, -0.05) is 41.6 Å². The monoisotopic (exact) mass is 328 g/mol. The van der Waals surface area contributed by atoms with Crippen molar-refractivity contribution >= 4 is 17.2 Å². The molecular formula is C16H16N4O2S. The highest BCUT2D eigenvalue weighted by atomic mass is 32.1. The van der Waals surface area contributed by atoms with Gasteiger partial charge in [0, 0.05) is 4.88 Å². The number of hydrogen-bond acceptors (Lipinski definition) is 5. The van der Waals surface area contributed by atoms with Gasteiger partial charge >= 0.3 is 0 Å². The van der Waals surface area contributed by atoms with E-state index in [9.17, 15) is 9.90 Å². The zero-order valence-electron chi connectivity index (χ0n) is 12.3. The van der Waals surface area contributed by atoms with Crippen molar-refractivity contribution < 1.29 is 9.90 Å². The van der Waals surface area contributed by atoms with E-state index in [1.165, 1.54) is 10.9 Å². The van der Waals surface area contributed by atoms with E-state index in [0.29, 0.717) is 6.54 Å². The average molecular weight is 328 g/mol. The molecule has 2 aromatic heterocycles. The molecule has 0 radical (unpaired) electrons. The first-order valence-corrected chi connectivity index (χ1v) is 8.04. The van der Waals surface area contributed by atoms with E-state index < -0.39 is 6.10 Å². The molecule has 0 aliphatic carbocycles. The molecule has 118 valence electrons. The fraction of sp³-hybridized carbons (Fsp3) is 0.188. The van der Waals surface area contributed by atoms with Gasteiger partial charge in [0.15, 0.2) is 5.69 Å². The molecule has 1 aromatic carbocycles. The normalized spacial score (nSPS) is 12.0. The molecule has 2 heterocycles. The molecule has 1 atom stereocenters. The van der Waals surface area contributed by atoms with Gasteiger partial charge in [0.25, 0.3) is 5.91 Å². The number of thiophene rings is 1. The zero-order chi connectivity index (χ0) is 16.1. The summed E-state index contributed by atoms with van der Waals surface area (Å²) in [5.74, 6) is -0.279. The number of nitrogens with zero attached hydrogens (tertiary/aromatic N) is 3. The second kappa shape index (κ2) is 7.17. The predicted molar refractivity (Wildman–Crippen MR) is 86.9 cm³/mol. The first kappa shape index (κ1) is 15.4. The maximum atomic E-state index is 12.0. The van der Waals surface area contributed by atoms with Gasteiger partial charge < -0.3 is 10.4 Å². The van der Waals surface area contributed by atoms with Crippen LogP contribution in [-0.4, -0.2) is 26.0 Å². The number of aliphatic hydroxyl groups excluding tert-OH is 1. The second-order valence-electron chi connectivity index (χ2n) is 5.01. The summed E-state index contributed by atoms with van der Waals surface area (Å²) in [5.41, 5.74) is 1.04. The van der Waals surface area contributed by atoms with Crippen LogP contribution in [0.1, 0.15) is 27.0 Å². The van der Waals surface area contributed by atoms with E-state index in [4.69, 9.17) is 0 Å². The molecule has 0 bridgehead atoms. The number of aromatic nitrogens is 3. The van der Waals surface area contributed by atoms with Crippen LogP contribution in [0.2, 0.25) is 0 Å². The number of carbonyl (C=O) groups excluding carboxylic acids is 1. The lowest BCUT2D eigenvalue weighted by Gasteiger charge is -2.09. The summed E-state index contributed by atoms with van der Waals surface area (Å²) < 4.78 is 1.47. The molecule has 0 fully saturated rings. The van der Waals surface area contributed by atoms with Crippen LogP contribution in [0.25, 0.3) is 0 Å². The Hall–Kier alpha value is -2.51. The number of carbonyl (C=O) groups is 1. The van der Waals surface area contributed by atoms with Crippen LogP contribution >= 0.6 is 11.3 Å². The maximum absolute atomic E-state index is 12.0. The average Bonchev–Trinajstić information content (AvgIpc) is 3.25. The van der Waals surface area contributed by atoms with E-state index in [1.54, 1.807) is 11.3 Å². The molecule has 1 amide bonds. The Kier molecular flexibility index (Phi) is 4.80.